The lowest BCUT2D eigenvalue weighted by atomic mass is 10.1. The summed E-state index contributed by atoms with van der Waals surface area (Å²) in [5.41, 5.74) is 1.26. The quantitative estimate of drug-likeness (QED) is 0.756. The first kappa shape index (κ1) is 10.0. The predicted octanol–water partition coefficient (Wildman–Crippen LogP) is 2.07. The van der Waals surface area contributed by atoms with Gasteiger partial charge in [-0.1, -0.05) is 30.3 Å². The zero-order valence-corrected chi connectivity index (χ0v) is 8.69. The van der Waals surface area contributed by atoms with Crippen molar-refractivity contribution in [1.82, 2.24) is 4.90 Å². The molecule has 1 aliphatic heterocycles. The van der Waals surface area contributed by atoms with Crippen molar-refractivity contribution in [3.05, 3.63) is 35.9 Å². The molecule has 0 spiro atoms. The molecule has 15 heavy (non-hydrogen) atoms. The molecule has 80 valence electrons. The molecule has 0 unspecified atom stereocenters. The van der Waals surface area contributed by atoms with Gasteiger partial charge in [-0.3, -0.25) is 0 Å². The fourth-order valence-electron chi connectivity index (χ4n) is 1.71. The molecule has 3 heteroatoms. The molecule has 0 N–H and O–H groups in total. The van der Waals surface area contributed by atoms with Crippen molar-refractivity contribution in [1.29, 1.82) is 0 Å². The Kier molecular flexibility index (Phi) is 3.22. The Morgan fingerprint density at radius 2 is 2.07 bits per heavy atom. The maximum absolute atomic E-state index is 11.3. The molecule has 0 aromatic heterocycles. The number of carbonyl (C=O) groups excluding carboxylic acids is 1. The van der Waals surface area contributed by atoms with Crippen molar-refractivity contribution < 1.29 is 9.53 Å². The molecular weight excluding hydrogens is 190 g/mol. The van der Waals surface area contributed by atoms with Crippen molar-refractivity contribution in [3.8, 4) is 0 Å². The van der Waals surface area contributed by atoms with Crippen molar-refractivity contribution in [2.24, 2.45) is 0 Å². The maximum Gasteiger partial charge on any atom is 0.409 e. The Bertz CT molecular complexity index is 324. The molecule has 1 aromatic carbocycles. The lowest BCUT2D eigenvalue weighted by Crippen LogP contribution is -2.38. The maximum atomic E-state index is 11.3. The smallest absolute Gasteiger partial charge is 0.409 e. The van der Waals surface area contributed by atoms with Crippen LogP contribution in [0.2, 0.25) is 0 Å². The second-order valence-corrected chi connectivity index (χ2v) is 3.69. The predicted molar refractivity (Wildman–Crippen MR) is 57.7 cm³/mol. The van der Waals surface area contributed by atoms with Crippen LogP contribution in [0.4, 0.5) is 4.79 Å². The molecule has 0 radical (unpaired) electrons. The Labute approximate surface area is 89.7 Å². The highest BCUT2D eigenvalue weighted by molar-refractivity contribution is 5.68. The molecular formula is C12H15NO2. The minimum Gasteiger partial charge on any atom is -0.449 e. The van der Waals surface area contributed by atoms with Crippen LogP contribution in [0.15, 0.2) is 30.3 Å². The first-order valence-corrected chi connectivity index (χ1v) is 5.32. The van der Waals surface area contributed by atoms with Gasteiger partial charge in [-0.15, -0.1) is 0 Å². The molecule has 0 bridgehead atoms. The molecule has 2 rings (SSSR count). The Morgan fingerprint density at radius 3 is 2.80 bits per heavy atom. The lowest BCUT2D eigenvalue weighted by molar-refractivity contribution is 0.0735. The number of nitrogens with zero attached hydrogens (tertiary/aromatic N) is 1. The third kappa shape index (κ3) is 2.72. The van der Waals surface area contributed by atoms with Gasteiger partial charge in [-0.25, -0.2) is 4.79 Å². The summed E-state index contributed by atoms with van der Waals surface area (Å²) >= 11 is 0. The van der Waals surface area contributed by atoms with E-state index >= 15 is 0 Å². The van der Waals surface area contributed by atoms with Crippen LogP contribution in [-0.2, 0) is 11.2 Å². The molecule has 1 aromatic rings. The molecule has 1 saturated heterocycles. The summed E-state index contributed by atoms with van der Waals surface area (Å²) in [6.45, 7) is 2.15. The largest absolute Gasteiger partial charge is 0.449 e. The second kappa shape index (κ2) is 4.82. The van der Waals surface area contributed by atoms with Gasteiger partial charge < -0.3 is 9.64 Å². The van der Waals surface area contributed by atoms with Crippen LogP contribution in [0.3, 0.4) is 0 Å². The molecule has 1 fully saturated rings. The highest BCUT2D eigenvalue weighted by Crippen LogP contribution is 2.07. The van der Waals surface area contributed by atoms with E-state index in [9.17, 15) is 4.79 Å². The number of carbonyl (C=O) groups is 1. The molecule has 0 atom stereocenters. The molecule has 3 nitrogen and oxygen atoms in total. The number of ether oxygens (including phenoxy) is 1. The van der Waals surface area contributed by atoms with E-state index in [-0.39, 0.29) is 6.09 Å². The van der Waals surface area contributed by atoms with Crippen LogP contribution in [0.5, 0.6) is 0 Å². The van der Waals surface area contributed by atoms with Gasteiger partial charge in [0.05, 0.1) is 6.61 Å². The SMILES string of the molecule is O=C1OCCCN1CCc1ccccc1. The Balaban J connectivity index is 1.85. The molecule has 1 amide bonds. The van der Waals surface area contributed by atoms with E-state index < -0.39 is 0 Å². The molecule has 1 aliphatic rings. The van der Waals surface area contributed by atoms with E-state index in [0.29, 0.717) is 6.61 Å². The normalized spacial score (nSPS) is 16.3. The zero-order valence-electron chi connectivity index (χ0n) is 8.69. The summed E-state index contributed by atoms with van der Waals surface area (Å²) in [5.74, 6) is 0. The van der Waals surface area contributed by atoms with Gasteiger partial charge >= 0.3 is 6.09 Å². The van der Waals surface area contributed by atoms with Gasteiger partial charge in [-0.05, 0) is 18.4 Å². The van der Waals surface area contributed by atoms with Crippen LogP contribution in [-0.4, -0.2) is 30.7 Å². The first-order valence-electron chi connectivity index (χ1n) is 5.32. The fraction of sp³-hybridized carbons (Fsp3) is 0.417. The average Bonchev–Trinajstić information content (AvgIpc) is 2.29. The van der Waals surface area contributed by atoms with E-state index in [1.165, 1.54) is 5.56 Å². The standard InChI is InChI=1S/C12H15NO2/c14-12-13(8-4-10-15-12)9-7-11-5-2-1-3-6-11/h1-3,5-6H,4,7-10H2. The van der Waals surface area contributed by atoms with Gasteiger partial charge in [0.15, 0.2) is 0 Å². The molecule has 0 aliphatic carbocycles. The monoisotopic (exact) mass is 205 g/mol. The third-order valence-electron chi connectivity index (χ3n) is 2.57. The summed E-state index contributed by atoms with van der Waals surface area (Å²) in [4.78, 5) is 13.1. The van der Waals surface area contributed by atoms with E-state index in [1.54, 1.807) is 4.90 Å². The Hall–Kier alpha value is -1.51. The number of hydrogen-bond donors (Lipinski definition) is 0. The number of benzene rings is 1. The summed E-state index contributed by atoms with van der Waals surface area (Å²) < 4.78 is 4.97. The van der Waals surface area contributed by atoms with Crippen molar-refractivity contribution in [3.63, 3.8) is 0 Å². The summed E-state index contributed by atoms with van der Waals surface area (Å²) in [6.07, 6.45) is 1.67. The second-order valence-electron chi connectivity index (χ2n) is 3.69. The topological polar surface area (TPSA) is 29.5 Å². The van der Waals surface area contributed by atoms with Gasteiger partial charge in [-0.2, -0.15) is 0 Å². The average molecular weight is 205 g/mol. The molecule has 1 heterocycles. The third-order valence-corrected chi connectivity index (χ3v) is 2.57. The molecule has 0 saturated carbocycles. The number of amides is 1. The van der Waals surface area contributed by atoms with Crippen molar-refractivity contribution >= 4 is 6.09 Å². The number of hydrogen-bond acceptors (Lipinski definition) is 2. The lowest BCUT2D eigenvalue weighted by Gasteiger charge is -2.26. The minimum atomic E-state index is -0.169. The van der Waals surface area contributed by atoms with Crippen LogP contribution in [0.25, 0.3) is 0 Å². The Morgan fingerprint density at radius 1 is 1.27 bits per heavy atom. The van der Waals surface area contributed by atoms with Crippen LogP contribution in [0.1, 0.15) is 12.0 Å². The fourth-order valence-corrected chi connectivity index (χ4v) is 1.71. The van der Waals surface area contributed by atoms with Crippen molar-refractivity contribution in [2.45, 2.75) is 12.8 Å². The first-order chi connectivity index (χ1) is 7.36. The van der Waals surface area contributed by atoms with Gasteiger partial charge in [0.1, 0.15) is 0 Å². The van der Waals surface area contributed by atoms with Crippen LogP contribution >= 0.6 is 0 Å². The number of cyclic esters (lactones) is 1. The van der Waals surface area contributed by atoms with E-state index in [2.05, 4.69) is 12.1 Å². The van der Waals surface area contributed by atoms with Gasteiger partial charge in [0.25, 0.3) is 0 Å². The highest BCUT2D eigenvalue weighted by atomic mass is 16.6. The minimum absolute atomic E-state index is 0.169. The summed E-state index contributed by atoms with van der Waals surface area (Å²) in [7, 11) is 0. The van der Waals surface area contributed by atoms with E-state index in [4.69, 9.17) is 4.74 Å². The number of rotatable bonds is 3. The van der Waals surface area contributed by atoms with Crippen LogP contribution < -0.4 is 0 Å². The van der Waals surface area contributed by atoms with E-state index in [1.807, 2.05) is 18.2 Å². The summed E-state index contributed by atoms with van der Waals surface area (Å²) in [5, 5.41) is 0. The van der Waals surface area contributed by atoms with Crippen molar-refractivity contribution in [2.75, 3.05) is 19.7 Å². The zero-order chi connectivity index (χ0) is 10.5. The van der Waals surface area contributed by atoms with Gasteiger partial charge in [0.2, 0.25) is 0 Å². The van der Waals surface area contributed by atoms with Gasteiger partial charge in [0, 0.05) is 13.1 Å². The highest BCUT2D eigenvalue weighted by Gasteiger charge is 2.18. The van der Waals surface area contributed by atoms with Crippen LogP contribution in [0, 0.1) is 0 Å². The summed E-state index contributed by atoms with van der Waals surface area (Å²) in [6, 6.07) is 10.2. The van der Waals surface area contributed by atoms with E-state index in [0.717, 1.165) is 25.9 Å².